The van der Waals surface area contributed by atoms with Gasteiger partial charge in [0, 0.05) is 12.2 Å². The highest BCUT2D eigenvalue weighted by atomic mass is 16.5. The van der Waals surface area contributed by atoms with Crippen LogP contribution in [0.4, 0.5) is 5.69 Å². The van der Waals surface area contributed by atoms with Crippen molar-refractivity contribution in [3.63, 3.8) is 0 Å². The SMILES string of the molecule is CC(C)CC(C)OC1CCc2ccccc2NC1. The van der Waals surface area contributed by atoms with Crippen molar-refractivity contribution in [3.8, 4) is 0 Å². The number of hydrogen-bond donors (Lipinski definition) is 1. The van der Waals surface area contributed by atoms with E-state index in [0.29, 0.717) is 18.1 Å². The van der Waals surface area contributed by atoms with E-state index in [2.05, 4.69) is 50.4 Å². The van der Waals surface area contributed by atoms with E-state index in [9.17, 15) is 0 Å². The molecule has 0 aliphatic carbocycles. The molecule has 0 saturated carbocycles. The summed E-state index contributed by atoms with van der Waals surface area (Å²) in [4.78, 5) is 0. The van der Waals surface area contributed by atoms with Crippen LogP contribution in [0.15, 0.2) is 24.3 Å². The van der Waals surface area contributed by atoms with Gasteiger partial charge in [0.2, 0.25) is 0 Å². The molecule has 100 valence electrons. The number of ether oxygens (including phenoxy) is 1. The average Bonchev–Trinajstić information content (AvgIpc) is 2.51. The Morgan fingerprint density at radius 1 is 1.28 bits per heavy atom. The van der Waals surface area contributed by atoms with E-state index < -0.39 is 0 Å². The maximum atomic E-state index is 6.15. The third kappa shape index (κ3) is 3.74. The topological polar surface area (TPSA) is 21.3 Å². The Morgan fingerprint density at radius 2 is 2.06 bits per heavy atom. The Labute approximate surface area is 111 Å². The molecule has 1 heterocycles. The van der Waals surface area contributed by atoms with E-state index in [1.54, 1.807) is 0 Å². The number of hydrogen-bond acceptors (Lipinski definition) is 2. The number of fused-ring (bicyclic) bond motifs is 1. The lowest BCUT2D eigenvalue weighted by atomic mass is 10.1. The van der Waals surface area contributed by atoms with Crippen molar-refractivity contribution in [2.24, 2.45) is 5.92 Å². The van der Waals surface area contributed by atoms with Crippen molar-refractivity contribution in [1.82, 2.24) is 0 Å². The molecule has 1 N–H and O–H groups in total. The normalized spacial score (nSPS) is 21.0. The Balaban J connectivity index is 1.88. The minimum atomic E-state index is 0.339. The number of rotatable bonds is 4. The minimum absolute atomic E-state index is 0.339. The Bertz CT molecular complexity index is 348. The summed E-state index contributed by atoms with van der Waals surface area (Å²) in [7, 11) is 0. The fourth-order valence-electron chi connectivity index (χ4n) is 2.72. The zero-order valence-corrected chi connectivity index (χ0v) is 11.8. The first-order chi connectivity index (χ1) is 8.65. The van der Waals surface area contributed by atoms with Gasteiger partial charge in [-0.25, -0.2) is 0 Å². The van der Waals surface area contributed by atoms with Gasteiger partial charge >= 0.3 is 0 Å². The molecule has 2 nitrogen and oxygen atoms in total. The largest absolute Gasteiger partial charge is 0.382 e. The fraction of sp³-hybridized carbons (Fsp3) is 0.625. The smallest absolute Gasteiger partial charge is 0.0754 e. The molecule has 0 spiro atoms. The van der Waals surface area contributed by atoms with Gasteiger partial charge in [-0.05, 0) is 43.7 Å². The second kappa shape index (κ2) is 6.24. The zero-order chi connectivity index (χ0) is 13.0. The van der Waals surface area contributed by atoms with Gasteiger partial charge in [-0.1, -0.05) is 32.0 Å². The van der Waals surface area contributed by atoms with E-state index >= 15 is 0 Å². The monoisotopic (exact) mass is 247 g/mol. The zero-order valence-electron chi connectivity index (χ0n) is 11.8. The predicted octanol–water partition coefficient (Wildman–Crippen LogP) is 3.86. The summed E-state index contributed by atoms with van der Waals surface area (Å²) in [6.07, 6.45) is 4.07. The number of aryl methyl sites for hydroxylation is 1. The second-order valence-corrected chi connectivity index (χ2v) is 5.77. The van der Waals surface area contributed by atoms with Crippen molar-refractivity contribution in [3.05, 3.63) is 29.8 Å². The third-order valence-electron chi connectivity index (χ3n) is 3.50. The van der Waals surface area contributed by atoms with E-state index in [1.165, 1.54) is 11.3 Å². The fourth-order valence-corrected chi connectivity index (χ4v) is 2.72. The van der Waals surface area contributed by atoms with Crippen molar-refractivity contribution < 1.29 is 4.74 Å². The van der Waals surface area contributed by atoms with Gasteiger partial charge in [0.1, 0.15) is 0 Å². The van der Waals surface area contributed by atoms with Gasteiger partial charge in [-0.2, -0.15) is 0 Å². The first-order valence-electron chi connectivity index (χ1n) is 7.12. The number of benzene rings is 1. The van der Waals surface area contributed by atoms with E-state index in [4.69, 9.17) is 4.74 Å². The molecule has 0 bridgehead atoms. The summed E-state index contributed by atoms with van der Waals surface area (Å²) in [5, 5.41) is 3.51. The van der Waals surface area contributed by atoms with Crippen LogP contribution in [-0.4, -0.2) is 18.8 Å². The molecule has 0 fully saturated rings. The molecule has 0 aromatic heterocycles. The molecule has 18 heavy (non-hydrogen) atoms. The lowest BCUT2D eigenvalue weighted by molar-refractivity contribution is -0.00783. The van der Waals surface area contributed by atoms with Crippen molar-refractivity contribution >= 4 is 5.69 Å². The van der Waals surface area contributed by atoms with Gasteiger partial charge in [0.05, 0.1) is 12.2 Å². The molecule has 2 rings (SSSR count). The summed E-state index contributed by atoms with van der Waals surface area (Å²) in [6, 6.07) is 8.58. The molecule has 1 aromatic rings. The summed E-state index contributed by atoms with van der Waals surface area (Å²) < 4.78 is 6.15. The van der Waals surface area contributed by atoms with Gasteiger partial charge < -0.3 is 10.1 Å². The van der Waals surface area contributed by atoms with Crippen LogP contribution >= 0.6 is 0 Å². The summed E-state index contributed by atoms with van der Waals surface area (Å²) in [5.41, 5.74) is 2.69. The first-order valence-corrected chi connectivity index (χ1v) is 7.12. The van der Waals surface area contributed by atoms with Gasteiger partial charge in [-0.15, -0.1) is 0 Å². The average molecular weight is 247 g/mol. The highest BCUT2D eigenvalue weighted by Gasteiger charge is 2.18. The number of para-hydroxylation sites is 1. The molecular formula is C16H25NO. The lowest BCUT2D eigenvalue weighted by Crippen LogP contribution is -2.27. The van der Waals surface area contributed by atoms with E-state index in [1.807, 2.05) is 0 Å². The van der Waals surface area contributed by atoms with Crippen LogP contribution in [0.2, 0.25) is 0 Å². The number of anilines is 1. The highest BCUT2D eigenvalue weighted by molar-refractivity contribution is 5.51. The first kappa shape index (κ1) is 13.4. The molecular weight excluding hydrogens is 222 g/mol. The molecule has 1 aliphatic rings. The van der Waals surface area contributed by atoms with Crippen LogP contribution in [0.1, 0.15) is 39.2 Å². The number of nitrogens with one attached hydrogen (secondary N) is 1. The third-order valence-corrected chi connectivity index (χ3v) is 3.50. The Morgan fingerprint density at radius 3 is 2.83 bits per heavy atom. The van der Waals surface area contributed by atoms with Crippen molar-refractivity contribution in [2.75, 3.05) is 11.9 Å². The Kier molecular flexibility index (Phi) is 4.65. The lowest BCUT2D eigenvalue weighted by Gasteiger charge is -2.22. The molecule has 2 atom stereocenters. The van der Waals surface area contributed by atoms with Crippen LogP contribution in [-0.2, 0) is 11.2 Å². The molecule has 1 aliphatic heterocycles. The van der Waals surface area contributed by atoms with Crippen LogP contribution < -0.4 is 5.32 Å². The van der Waals surface area contributed by atoms with Crippen molar-refractivity contribution in [2.45, 2.75) is 52.2 Å². The molecule has 0 radical (unpaired) electrons. The standard InChI is InChI=1S/C16H25NO/c1-12(2)10-13(3)18-15-9-8-14-6-4-5-7-16(14)17-11-15/h4-7,12-13,15,17H,8-11H2,1-3H3. The van der Waals surface area contributed by atoms with Crippen LogP contribution in [0.25, 0.3) is 0 Å². The van der Waals surface area contributed by atoms with Crippen LogP contribution in [0, 0.1) is 5.92 Å². The van der Waals surface area contributed by atoms with Crippen molar-refractivity contribution in [1.29, 1.82) is 0 Å². The van der Waals surface area contributed by atoms with Crippen LogP contribution in [0.3, 0.4) is 0 Å². The predicted molar refractivity (Wildman–Crippen MR) is 77.0 cm³/mol. The molecule has 0 amide bonds. The van der Waals surface area contributed by atoms with E-state index in [-0.39, 0.29) is 0 Å². The molecule has 0 saturated heterocycles. The molecule has 2 heteroatoms. The summed E-state index contributed by atoms with van der Waals surface area (Å²) in [5.74, 6) is 0.705. The van der Waals surface area contributed by atoms with Gasteiger partial charge in [-0.3, -0.25) is 0 Å². The maximum absolute atomic E-state index is 6.15. The quantitative estimate of drug-likeness (QED) is 0.872. The minimum Gasteiger partial charge on any atom is -0.382 e. The summed E-state index contributed by atoms with van der Waals surface area (Å²) >= 11 is 0. The summed E-state index contributed by atoms with van der Waals surface area (Å²) in [6.45, 7) is 7.62. The van der Waals surface area contributed by atoms with E-state index in [0.717, 1.165) is 25.8 Å². The molecule has 1 aromatic carbocycles. The Hall–Kier alpha value is -1.02. The van der Waals surface area contributed by atoms with Gasteiger partial charge in [0.15, 0.2) is 0 Å². The highest BCUT2D eigenvalue weighted by Crippen LogP contribution is 2.23. The second-order valence-electron chi connectivity index (χ2n) is 5.77. The maximum Gasteiger partial charge on any atom is 0.0754 e. The van der Waals surface area contributed by atoms with Crippen LogP contribution in [0.5, 0.6) is 0 Å². The molecule has 2 unspecified atom stereocenters. The van der Waals surface area contributed by atoms with Gasteiger partial charge in [0.25, 0.3) is 0 Å².